The summed E-state index contributed by atoms with van der Waals surface area (Å²) in [7, 11) is 0. The van der Waals surface area contributed by atoms with E-state index in [4.69, 9.17) is 28.9 Å². The minimum absolute atomic E-state index is 0.279. The molecule has 0 unspecified atom stereocenters. The zero-order chi connectivity index (χ0) is 14.7. The van der Waals surface area contributed by atoms with Crippen molar-refractivity contribution in [2.45, 2.75) is 20.4 Å². The van der Waals surface area contributed by atoms with Gasteiger partial charge in [-0.2, -0.15) is 0 Å². The number of hydrogen-bond donors (Lipinski definition) is 1. The molecule has 0 radical (unpaired) electrons. The van der Waals surface area contributed by atoms with E-state index in [2.05, 4.69) is 9.97 Å². The van der Waals surface area contributed by atoms with Gasteiger partial charge in [0, 0.05) is 12.2 Å². The highest BCUT2D eigenvalue weighted by atomic mass is 35.5. The quantitative estimate of drug-likeness (QED) is 0.935. The molecule has 0 amide bonds. The number of halogens is 2. The molecule has 0 aliphatic carbocycles. The number of anilines is 2. The summed E-state index contributed by atoms with van der Waals surface area (Å²) in [4.78, 5) is 10.8. The number of nitrogens with two attached hydrogens (primary N) is 1. The molecule has 0 aliphatic rings. The summed E-state index contributed by atoms with van der Waals surface area (Å²) in [6, 6.07) is 7.54. The van der Waals surface area contributed by atoms with Crippen molar-refractivity contribution >= 4 is 34.8 Å². The Kier molecular flexibility index (Phi) is 4.68. The first-order chi connectivity index (χ1) is 9.51. The van der Waals surface area contributed by atoms with Gasteiger partial charge in [0.25, 0.3) is 0 Å². The molecule has 0 spiro atoms. The van der Waals surface area contributed by atoms with Gasteiger partial charge in [-0.05, 0) is 32.0 Å². The first-order valence-electron chi connectivity index (χ1n) is 6.30. The number of pyridine rings is 2. The highest BCUT2D eigenvalue weighted by Crippen LogP contribution is 2.30. The van der Waals surface area contributed by atoms with Crippen molar-refractivity contribution in [1.82, 2.24) is 9.97 Å². The summed E-state index contributed by atoms with van der Waals surface area (Å²) < 4.78 is 0. The standard InChI is InChI=1S/C14H16Cl2N4/c1-3-20(8-10-6-4-5-9(2)18-10)14-12(16)7-11(15)13(17)19-14/h4-7H,3,8H2,1-2H3,(H2,17,19). The number of nitrogen functional groups attached to an aromatic ring is 1. The molecule has 0 fully saturated rings. The van der Waals surface area contributed by atoms with E-state index in [1.807, 2.05) is 36.9 Å². The van der Waals surface area contributed by atoms with E-state index in [0.717, 1.165) is 17.9 Å². The van der Waals surface area contributed by atoms with Gasteiger partial charge < -0.3 is 10.6 Å². The largest absolute Gasteiger partial charge is 0.382 e. The van der Waals surface area contributed by atoms with Crippen LogP contribution >= 0.6 is 23.2 Å². The molecule has 6 heteroatoms. The predicted octanol–water partition coefficient (Wildman–Crippen LogP) is 3.70. The fourth-order valence-electron chi connectivity index (χ4n) is 1.91. The van der Waals surface area contributed by atoms with E-state index in [9.17, 15) is 0 Å². The van der Waals surface area contributed by atoms with Crippen molar-refractivity contribution in [2.24, 2.45) is 0 Å². The van der Waals surface area contributed by atoms with Gasteiger partial charge >= 0.3 is 0 Å². The topological polar surface area (TPSA) is 55.0 Å². The van der Waals surface area contributed by atoms with Crippen molar-refractivity contribution in [3.05, 3.63) is 45.7 Å². The Balaban J connectivity index is 2.31. The molecule has 0 bridgehead atoms. The average molecular weight is 311 g/mol. The maximum atomic E-state index is 6.21. The van der Waals surface area contributed by atoms with Crippen LogP contribution in [0.1, 0.15) is 18.3 Å². The Morgan fingerprint density at radius 1 is 1.20 bits per heavy atom. The van der Waals surface area contributed by atoms with E-state index in [1.54, 1.807) is 6.07 Å². The second-order valence-electron chi connectivity index (χ2n) is 4.45. The molecule has 0 aliphatic heterocycles. The molecular weight excluding hydrogens is 295 g/mol. The van der Waals surface area contributed by atoms with Crippen LogP contribution in [0.2, 0.25) is 10.0 Å². The fourth-order valence-corrected chi connectivity index (χ4v) is 2.39. The lowest BCUT2D eigenvalue weighted by atomic mass is 10.3. The Bertz CT molecular complexity index is 616. The summed E-state index contributed by atoms with van der Waals surface area (Å²) in [6.45, 7) is 5.35. The highest BCUT2D eigenvalue weighted by Gasteiger charge is 2.14. The Hall–Kier alpha value is -1.52. The van der Waals surface area contributed by atoms with Crippen molar-refractivity contribution in [2.75, 3.05) is 17.2 Å². The number of aromatic nitrogens is 2. The molecule has 0 saturated carbocycles. The SMILES string of the molecule is CCN(Cc1cccc(C)n1)c1nc(N)c(Cl)cc1Cl. The summed E-state index contributed by atoms with van der Waals surface area (Å²) in [5, 5.41) is 0.849. The Morgan fingerprint density at radius 3 is 2.60 bits per heavy atom. The van der Waals surface area contributed by atoms with Crippen LogP contribution in [0, 0.1) is 6.92 Å². The normalized spacial score (nSPS) is 10.6. The molecule has 2 heterocycles. The molecule has 20 heavy (non-hydrogen) atoms. The Labute approximate surface area is 128 Å². The molecule has 2 N–H and O–H groups in total. The minimum atomic E-state index is 0.279. The molecule has 2 aromatic rings. The predicted molar refractivity (Wildman–Crippen MR) is 84.4 cm³/mol. The number of aryl methyl sites for hydroxylation is 1. The van der Waals surface area contributed by atoms with E-state index in [-0.39, 0.29) is 5.82 Å². The zero-order valence-corrected chi connectivity index (χ0v) is 12.9. The minimum Gasteiger partial charge on any atom is -0.382 e. The maximum absolute atomic E-state index is 6.21. The van der Waals surface area contributed by atoms with E-state index in [1.165, 1.54) is 0 Å². The van der Waals surface area contributed by atoms with Gasteiger partial charge in [0.1, 0.15) is 11.6 Å². The monoisotopic (exact) mass is 310 g/mol. The number of hydrogen-bond acceptors (Lipinski definition) is 4. The molecule has 106 valence electrons. The number of nitrogens with zero attached hydrogens (tertiary/aromatic N) is 3. The van der Waals surface area contributed by atoms with Gasteiger partial charge in [-0.25, -0.2) is 4.98 Å². The Morgan fingerprint density at radius 2 is 1.95 bits per heavy atom. The van der Waals surface area contributed by atoms with Crippen molar-refractivity contribution in [3.63, 3.8) is 0 Å². The van der Waals surface area contributed by atoms with E-state index >= 15 is 0 Å². The third kappa shape index (κ3) is 3.32. The smallest absolute Gasteiger partial charge is 0.150 e. The van der Waals surface area contributed by atoms with Gasteiger partial charge in [-0.3, -0.25) is 4.98 Å². The van der Waals surface area contributed by atoms with Gasteiger partial charge in [-0.15, -0.1) is 0 Å². The van der Waals surface area contributed by atoms with Gasteiger partial charge in [-0.1, -0.05) is 29.3 Å². The fraction of sp³-hybridized carbons (Fsp3) is 0.286. The third-order valence-electron chi connectivity index (χ3n) is 2.92. The summed E-state index contributed by atoms with van der Waals surface area (Å²) in [5.74, 6) is 0.904. The molecule has 2 rings (SSSR count). The summed E-state index contributed by atoms with van der Waals surface area (Å²) >= 11 is 12.1. The van der Waals surface area contributed by atoms with Gasteiger partial charge in [0.05, 0.1) is 22.3 Å². The van der Waals surface area contributed by atoms with Crippen molar-refractivity contribution in [1.29, 1.82) is 0 Å². The second-order valence-corrected chi connectivity index (χ2v) is 5.26. The third-order valence-corrected chi connectivity index (χ3v) is 3.50. The van der Waals surface area contributed by atoms with Crippen LogP contribution in [-0.4, -0.2) is 16.5 Å². The number of rotatable bonds is 4. The molecule has 0 saturated heterocycles. The molecular formula is C14H16Cl2N4. The van der Waals surface area contributed by atoms with Gasteiger partial charge in [0.2, 0.25) is 0 Å². The lowest BCUT2D eigenvalue weighted by molar-refractivity contribution is 0.791. The van der Waals surface area contributed by atoms with Crippen molar-refractivity contribution in [3.8, 4) is 0 Å². The summed E-state index contributed by atoms with van der Waals surface area (Å²) in [5.41, 5.74) is 7.69. The first kappa shape index (κ1) is 14.9. The van der Waals surface area contributed by atoms with Crippen LogP contribution in [-0.2, 0) is 6.54 Å². The zero-order valence-electron chi connectivity index (χ0n) is 11.4. The van der Waals surface area contributed by atoms with Crippen LogP contribution in [0.5, 0.6) is 0 Å². The summed E-state index contributed by atoms with van der Waals surface area (Å²) in [6.07, 6.45) is 0. The second kappa shape index (κ2) is 6.29. The molecule has 4 nitrogen and oxygen atoms in total. The highest BCUT2D eigenvalue weighted by molar-refractivity contribution is 6.37. The van der Waals surface area contributed by atoms with Gasteiger partial charge in [0.15, 0.2) is 0 Å². The lowest BCUT2D eigenvalue weighted by Crippen LogP contribution is -2.24. The van der Waals surface area contributed by atoms with Crippen LogP contribution in [0.25, 0.3) is 0 Å². The van der Waals surface area contributed by atoms with E-state index in [0.29, 0.717) is 22.4 Å². The molecule has 0 aromatic carbocycles. The van der Waals surface area contributed by atoms with Crippen LogP contribution in [0.3, 0.4) is 0 Å². The molecule has 2 aromatic heterocycles. The average Bonchev–Trinajstić information content (AvgIpc) is 2.40. The van der Waals surface area contributed by atoms with Crippen LogP contribution < -0.4 is 10.6 Å². The van der Waals surface area contributed by atoms with Crippen LogP contribution in [0.15, 0.2) is 24.3 Å². The van der Waals surface area contributed by atoms with E-state index < -0.39 is 0 Å². The van der Waals surface area contributed by atoms with Crippen molar-refractivity contribution < 1.29 is 0 Å². The lowest BCUT2D eigenvalue weighted by Gasteiger charge is -2.23. The first-order valence-corrected chi connectivity index (χ1v) is 7.06. The van der Waals surface area contributed by atoms with Crippen LogP contribution in [0.4, 0.5) is 11.6 Å². The molecule has 0 atom stereocenters. The maximum Gasteiger partial charge on any atom is 0.150 e.